The zero-order valence-corrected chi connectivity index (χ0v) is 14.6. The normalized spacial score (nSPS) is 14.6. The highest BCUT2D eigenvalue weighted by atomic mass is 19.1. The van der Waals surface area contributed by atoms with Crippen molar-refractivity contribution in [2.24, 2.45) is 0 Å². The first-order valence-electron chi connectivity index (χ1n) is 8.79. The number of rotatable bonds is 6. The van der Waals surface area contributed by atoms with Crippen molar-refractivity contribution in [1.82, 2.24) is 9.97 Å². The lowest BCUT2D eigenvalue weighted by atomic mass is 10.2. The lowest BCUT2D eigenvalue weighted by molar-refractivity contribution is 0.624. The van der Waals surface area contributed by atoms with Crippen molar-refractivity contribution in [2.45, 2.75) is 19.8 Å². The fraction of sp³-hybridized carbons (Fsp3) is 0.444. The topological polar surface area (TPSA) is 70.3 Å². The molecule has 25 heavy (non-hydrogen) atoms. The van der Waals surface area contributed by atoms with Gasteiger partial charge in [-0.15, -0.1) is 0 Å². The van der Waals surface area contributed by atoms with Gasteiger partial charge in [-0.3, -0.25) is 0 Å². The van der Waals surface area contributed by atoms with E-state index in [4.69, 9.17) is 5.73 Å². The molecule has 0 amide bonds. The van der Waals surface area contributed by atoms with Crippen molar-refractivity contribution in [3.05, 3.63) is 36.4 Å². The van der Waals surface area contributed by atoms with E-state index < -0.39 is 0 Å². The number of nitrogens with zero attached hydrogens (tertiary/aromatic N) is 4. The number of nitrogen functional groups attached to an aromatic ring is 1. The number of hydrogen-bond acceptors (Lipinski definition) is 6. The van der Waals surface area contributed by atoms with Crippen molar-refractivity contribution in [3.63, 3.8) is 0 Å². The minimum atomic E-state index is -0.209. The molecular weight excluding hydrogens is 319 g/mol. The van der Waals surface area contributed by atoms with Crippen LogP contribution >= 0.6 is 0 Å². The molecule has 1 aliphatic heterocycles. The van der Waals surface area contributed by atoms with Crippen LogP contribution in [0.15, 0.2) is 30.6 Å². The number of nitrogens with two attached hydrogens (primary N) is 1. The average molecular weight is 344 g/mol. The van der Waals surface area contributed by atoms with Crippen LogP contribution in [0, 0.1) is 5.82 Å². The summed E-state index contributed by atoms with van der Waals surface area (Å²) < 4.78 is 13.1. The maximum atomic E-state index is 13.1. The summed E-state index contributed by atoms with van der Waals surface area (Å²) in [6.07, 6.45) is 3.76. The molecule has 134 valence electrons. The Balaban J connectivity index is 1.64. The lowest BCUT2D eigenvalue weighted by Gasteiger charge is -2.37. The van der Waals surface area contributed by atoms with E-state index in [1.807, 2.05) is 12.1 Å². The summed E-state index contributed by atoms with van der Waals surface area (Å²) in [6.45, 7) is 6.31. The Morgan fingerprint density at radius 2 is 1.76 bits per heavy atom. The van der Waals surface area contributed by atoms with E-state index in [-0.39, 0.29) is 5.82 Å². The summed E-state index contributed by atoms with van der Waals surface area (Å²) in [4.78, 5) is 13.1. The number of aromatic nitrogens is 2. The van der Waals surface area contributed by atoms with Crippen LogP contribution in [0.25, 0.3) is 0 Å². The number of anilines is 4. The molecule has 2 heterocycles. The molecule has 0 unspecified atom stereocenters. The van der Waals surface area contributed by atoms with Gasteiger partial charge in [-0.05, 0) is 30.7 Å². The summed E-state index contributed by atoms with van der Waals surface area (Å²) >= 11 is 0. The van der Waals surface area contributed by atoms with Crippen molar-refractivity contribution < 1.29 is 4.39 Å². The molecule has 7 heteroatoms. The Morgan fingerprint density at radius 3 is 2.44 bits per heavy atom. The van der Waals surface area contributed by atoms with Gasteiger partial charge in [0.2, 0.25) is 0 Å². The molecule has 1 saturated heterocycles. The average Bonchev–Trinajstić information content (AvgIpc) is 2.64. The summed E-state index contributed by atoms with van der Waals surface area (Å²) in [5, 5.41) is 3.28. The number of nitrogens with one attached hydrogen (secondary N) is 1. The molecule has 0 atom stereocenters. The van der Waals surface area contributed by atoms with Crippen LogP contribution in [0.5, 0.6) is 0 Å². The quantitative estimate of drug-likeness (QED) is 0.785. The third-order valence-electron chi connectivity index (χ3n) is 4.46. The highest BCUT2D eigenvalue weighted by Gasteiger charge is 2.21. The van der Waals surface area contributed by atoms with Gasteiger partial charge in [-0.1, -0.05) is 13.3 Å². The Kier molecular flexibility index (Phi) is 5.53. The predicted octanol–water partition coefficient (Wildman–Crippen LogP) is 2.74. The van der Waals surface area contributed by atoms with E-state index in [1.54, 1.807) is 6.33 Å². The molecule has 1 fully saturated rings. The van der Waals surface area contributed by atoms with Crippen LogP contribution in [0.1, 0.15) is 19.8 Å². The van der Waals surface area contributed by atoms with Gasteiger partial charge in [-0.2, -0.15) is 0 Å². The molecule has 1 aliphatic rings. The summed E-state index contributed by atoms with van der Waals surface area (Å²) in [5.74, 6) is 1.28. The Labute approximate surface area is 147 Å². The first-order valence-corrected chi connectivity index (χ1v) is 8.79. The van der Waals surface area contributed by atoms with E-state index in [9.17, 15) is 4.39 Å². The van der Waals surface area contributed by atoms with Crippen LogP contribution in [-0.2, 0) is 0 Å². The van der Waals surface area contributed by atoms with Gasteiger partial charge in [0.1, 0.15) is 17.8 Å². The van der Waals surface area contributed by atoms with Crippen LogP contribution < -0.4 is 20.9 Å². The van der Waals surface area contributed by atoms with Crippen LogP contribution in [0.4, 0.5) is 27.4 Å². The molecule has 0 spiro atoms. The second kappa shape index (κ2) is 8.00. The first-order chi connectivity index (χ1) is 12.2. The minimum Gasteiger partial charge on any atom is -0.393 e. The third-order valence-corrected chi connectivity index (χ3v) is 4.46. The smallest absolute Gasteiger partial charge is 0.157 e. The summed E-state index contributed by atoms with van der Waals surface area (Å²) in [6, 6.07) is 6.64. The van der Waals surface area contributed by atoms with E-state index in [0.29, 0.717) is 11.5 Å². The second-order valence-corrected chi connectivity index (χ2v) is 6.19. The van der Waals surface area contributed by atoms with Gasteiger partial charge in [0, 0.05) is 38.4 Å². The number of halogens is 1. The van der Waals surface area contributed by atoms with Crippen molar-refractivity contribution in [3.8, 4) is 0 Å². The van der Waals surface area contributed by atoms with Crippen molar-refractivity contribution >= 4 is 23.0 Å². The van der Waals surface area contributed by atoms with Crippen molar-refractivity contribution in [1.29, 1.82) is 0 Å². The lowest BCUT2D eigenvalue weighted by Crippen LogP contribution is -2.47. The van der Waals surface area contributed by atoms with Gasteiger partial charge in [0.25, 0.3) is 0 Å². The molecule has 2 aromatic rings. The highest BCUT2D eigenvalue weighted by Crippen LogP contribution is 2.27. The number of unbranched alkanes of at least 4 members (excludes halogenated alkanes) is 1. The van der Waals surface area contributed by atoms with Crippen molar-refractivity contribution in [2.75, 3.05) is 53.6 Å². The van der Waals surface area contributed by atoms with Gasteiger partial charge in [0.15, 0.2) is 11.6 Å². The SMILES string of the molecule is CCCCNc1ncnc(N2CCN(c3ccc(F)cc3)CC2)c1N. The molecule has 1 aromatic heterocycles. The summed E-state index contributed by atoms with van der Waals surface area (Å²) in [7, 11) is 0. The molecule has 3 N–H and O–H groups in total. The number of hydrogen-bond donors (Lipinski definition) is 2. The van der Waals surface area contributed by atoms with Crippen LogP contribution in [0.3, 0.4) is 0 Å². The third kappa shape index (κ3) is 4.10. The molecule has 0 radical (unpaired) electrons. The summed E-state index contributed by atoms with van der Waals surface area (Å²) in [5.41, 5.74) is 7.92. The highest BCUT2D eigenvalue weighted by molar-refractivity contribution is 5.75. The Bertz CT molecular complexity index is 682. The van der Waals surface area contributed by atoms with Gasteiger partial charge in [0.05, 0.1) is 0 Å². The largest absolute Gasteiger partial charge is 0.393 e. The van der Waals surface area contributed by atoms with Crippen LogP contribution in [0.2, 0.25) is 0 Å². The molecule has 0 aliphatic carbocycles. The first kappa shape index (κ1) is 17.3. The van der Waals surface area contributed by atoms with E-state index in [1.165, 1.54) is 12.1 Å². The van der Waals surface area contributed by atoms with Gasteiger partial charge < -0.3 is 20.9 Å². The molecule has 0 bridgehead atoms. The number of piperazine rings is 1. The maximum absolute atomic E-state index is 13.1. The van der Waals surface area contributed by atoms with Crippen LogP contribution in [-0.4, -0.2) is 42.7 Å². The monoisotopic (exact) mass is 344 g/mol. The zero-order valence-electron chi connectivity index (χ0n) is 14.6. The van der Waals surface area contributed by atoms with E-state index in [0.717, 1.165) is 57.1 Å². The molecule has 1 aromatic carbocycles. The Hall–Kier alpha value is -2.57. The molecular formula is C18H25FN6. The number of benzene rings is 1. The maximum Gasteiger partial charge on any atom is 0.157 e. The minimum absolute atomic E-state index is 0.209. The fourth-order valence-electron chi connectivity index (χ4n) is 2.99. The molecule has 6 nitrogen and oxygen atoms in total. The molecule has 0 saturated carbocycles. The Morgan fingerprint density at radius 1 is 1.08 bits per heavy atom. The fourth-order valence-corrected chi connectivity index (χ4v) is 2.99. The standard InChI is InChI=1S/C18H25FN6/c1-2-3-8-21-17-16(20)18(23-13-22-17)25-11-9-24(10-12-25)15-6-4-14(19)5-7-15/h4-7,13H,2-3,8-12,20H2,1H3,(H,21,22,23). The van der Waals surface area contributed by atoms with E-state index >= 15 is 0 Å². The zero-order chi connectivity index (χ0) is 17.6. The predicted molar refractivity (Wildman–Crippen MR) is 101 cm³/mol. The van der Waals surface area contributed by atoms with Gasteiger partial charge >= 0.3 is 0 Å². The van der Waals surface area contributed by atoms with E-state index in [2.05, 4.69) is 32.0 Å². The molecule has 3 rings (SSSR count). The van der Waals surface area contributed by atoms with Gasteiger partial charge in [-0.25, -0.2) is 14.4 Å². The second-order valence-electron chi connectivity index (χ2n) is 6.19.